The van der Waals surface area contributed by atoms with Crippen LogP contribution in [0.2, 0.25) is 0 Å². The molecule has 154 valence electrons. The van der Waals surface area contributed by atoms with Crippen LogP contribution in [-0.4, -0.2) is 16.9 Å². The third-order valence-electron chi connectivity index (χ3n) is 6.01. The molecule has 0 spiro atoms. The van der Waals surface area contributed by atoms with Gasteiger partial charge in [-0.05, 0) is 76.5 Å². The summed E-state index contributed by atoms with van der Waals surface area (Å²) in [4.78, 5) is 0. The maximum atomic E-state index is 12.1. The number of phenolic OH excluding ortho intramolecular Hbond substituents is 1. The van der Waals surface area contributed by atoms with E-state index in [1.165, 1.54) is 0 Å². The molecule has 1 unspecified atom stereocenters. The molecule has 0 amide bonds. The van der Waals surface area contributed by atoms with Crippen molar-refractivity contribution < 1.29 is 23.0 Å². The Labute approximate surface area is 161 Å². The molecule has 2 rings (SSSR count). The maximum absolute atomic E-state index is 12.1. The van der Waals surface area contributed by atoms with E-state index in [1.54, 1.807) is 0 Å². The Bertz CT molecular complexity index is 652. The first kappa shape index (κ1) is 21.9. The smallest absolute Gasteiger partial charge is 0.389 e. The predicted molar refractivity (Wildman–Crippen MR) is 103 cm³/mol. The summed E-state index contributed by atoms with van der Waals surface area (Å²) in [7, 11) is 0. The van der Waals surface area contributed by atoms with E-state index in [0.717, 1.165) is 72.9 Å². The van der Waals surface area contributed by atoms with Crippen molar-refractivity contribution in [2.75, 3.05) is 0 Å². The number of aromatic hydroxyl groups is 1. The fourth-order valence-corrected chi connectivity index (χ4v) is 4.00. The minimum Gasteiger partial charge on any atom is -0.507 e. The molecule has 1 atom stereocenters. The van der Waals surface area contributed by atoms with Gasteiger partial charge in [0, 0.05) is 12.0 Å². The van der Waals surface area contributed by atoms with Crippen molar-refractivity contribution in [1.82, 2.24) is 0 Å². The van der Waals surface area contributed by atoms with Crippen molar-refractivity contribution >= 4 is 0 Å². The van der Waals surface area contributed by atoms with Gasteiger partial charge in [0.1, 0.15) is 17.1 Å². The number of ether oxygens (including phenoxy) is 1. The molecule has 0 aliphatic carbocycles. The molecule has 0 saturated heterocycles. The third-order valence-corrected chi connectivity index (χ3v) is 6.01. The molecule has 0 fully saturated rings. The van der Waals surface area contributed by atoms with Gasteiger partial charge >= 0.3 is 6.18 Å². The van der Waals surface area contributed by atoms with Crippen LogP contribution in [0.5, 0.6) is 11.5 Å². The molecule has 0 saturated carbocycles. The minimum absolute atomic E-state index is 0.204. The molecule has 1 aromatic carbocycles. The number of hydrogen-bond acceptors (Lipinski definition) is 2. The van der Waals surface area contributed by atoms with E-state index < -0.39 is 12.6 Å². The number of rotatable bonds is 8. The van der Waals surface area contributed by atoms with Crippen LogP contribution in [-0.2, 0) is 6.42 Å². The lowest BCUT2D eigenvalue weighted by molar-refractivity contribution is -0.135. The zero-order chi connectivity index (χ0) is 20.2. The van der Waals surface area contributed by atoms with Crippen molar-refractivity contribution in [2.24, 2.45) is 0 Å². The molecule has 1 aliphatic heterocycles. The quantitative estimate of drug-likeness (QED) is 0.484. The van der Waals surface area contributed by atoms with Gasteiger partial charge in [0.25, 0.3) is 0 Å². The molecular formula is C22H33F3O2. The average Bonchev–Trinajstić information content (AvgIpc) is 2.59. The van der Waals surface area contributed by atoms with E-state index >= 15 is 0 Å². The van der Waals surface area contributed by atoms with Gasteiger partial charge in [-0.15, -0.1) is 0 Å². The van der Waals surface area contributed by atoms with Gasteiger partial charge in [-0.3, -0.25) is 0 Å². The molecule has 1 N–H and O–H groups in total. The highest BCUT2D eigenvalue weighted by Gasteiger charge is 2.34. The SMILES string of the molecule is Cc1c(C)c2c(c(C)c1O)CCC(C)(CCCCCCCCC(F)(F)F)O2. The Kier molecular flexibility index (Phi) is 7.09. The highest BCUT2D eigenvalue weighted by atomic mass is 19.4. The highest BCUT2D eigenvalue weighted by Crippen LogP contribution is 2.44. The van der Waals surface area contributed by atoms with Crippen LogP contribution in [0.15, 0.2) is 0 Å². The van der Waals surface area contributed by atoms with Crippen molar-refractivity contribution in [2.45, 2.75) is 104 Å². The summed E-state index contributed by atoms with van der Waals surface area (Å²) < 4.78 is 42.7. The first-order valence-electron chi connectivity index (χ1n) is 10.1. The lowest BCUT2D eigenvalue weighted by Crippen LogP contribution is -2.37. The molecule has 0 bridgehead atoms. The van der Waals surface area contributed by atoms with Gasteiger partial charge in [-0.2, -0.15) is 13.2 Å². The minimum atomic E-state index is -4.02. The number of halogens is 3. The van der Waals surface area contributed by atoms with E-state index in [-0.39, 0.29) is 12.0 Å². The van der Waals surface area contributed by atoms with Crippen LogP contribution in [0, 0.1) is 20.8 Å². The maximum Gasteiger partial charge on any atom is 0.389 e. The number of benzene rings is 1. The van der Waals surface area contributed by atoms with Crippen molar-refractivity contribution in [3.05, 3.63) is 22.3 Å². The lowest BCUT2D eigenvalue weighted by atomic mass is 9.84. The summed E-state index contributed by atoms with van der Waals surface area (Å²) in [6.07, 6.45) is 2.91. The molecule has 1 aromatic rings. The van der Waals surface area contributed by atoms with Crippen LogP contribution in [0.4, 0.5) is 13.2 Å². The van der Waals surface area contributed by atoms with E-state index in [2.05, 4.69) is 6.92 Å². The lowest BCUT2D eigenvalue weighted by Gasteiger charge is -2.38. The normalized spacial score (nSPS) is 19.7. The van der Waals surface area contributed by atoms with Gasteiger partial charge in [-0.1, -0.05) is 25.7 Å². The Morgan fingerprint density at radius 3 is 2.15 bits per heavy atom. The monoisotopic (exact) mass is 386 g/mol. The predicted octanol–water partition coefficient (Wildman–Crippen LogP) is 7.08. The van der Waals surface area contributed by atoms with Crippen LogP contribution in [0.1, 0.15) is 87.0 Å². The van der Waals surface area contributed by atoms with Crippen molar-refractivity contribution in [3.8, 4) is 11.5 Å². The van der Waals surface area contributed by atoms with Gasteiger partial charge in [0.15, 0.2) is 0 Å². The number of phenols is 1. The Morgan fingerprint density at radius 2 is 1.52 bits per heavy atom. The third kappa shape index (κ3) is 5.79. The van der Waals surface area contributed by atoms with E-state index in [4.69, 9.17) is 4.74 Å². The van der Waals surface area contributed by atoms with Crippen LogP contribution >= 0.6 is 0 Å². The summed E-state index contributed by atoms with van der Waals surface area (Å²) in [5, 5.41) is 10.3. The second-order valence-electron chi connectivity index (χ2n) is 8.32. The highest BCUT2D eigenvalue weighted by molar-refractivity contribution is 5.58. The molecular weight excluding hydrogens is 353 g/mol. The van der Waals surface area contributed by atoms with E-state index in [0.29, 0.717) is 12.2 Å². The van der Waals surface area contributed by atoms with Crippen molar-refractivity contribution in [1.29, 1.82) is 0 Å². The van der Waals surface area contributed by atoms with Gasteiger partial charge < -0.3 is 9.84 Å². The Morgan fingerprint density at radius 1 is 0.926 bits per heavy atom. The molecule has 2 nitrogen and oxygen atoms in total. The van der Waals surface area contributed by atoms with Crippen molar-refractivity contribution in [3.63, 3.8) is 0 Å². The summed E-state index contributed by atoms with van der Waals surface area (Å²) in [6, 6.07) is 0. The van der Waals surface area contributed by atoms with E-state index in [1.807, 2.05) is 20.8 Å². The molecule has 5 heteroatoms. The molecule has 0 aromatic heterocycles. The van der Waals surface area contributed by atoms with E-state index in [9.17, 15) is 18.3 Å². The van der Waals surface area contributed by atoms with Crippen LogP contribution in [0.25, 0.3) is 0 Å². The fraction of sp³-hybridized carbons (Fsp3) is 0.727. The summed E-state index contributed by atoms with van der Waals surface area (Å²) in [5.41, 5.74) is 3.74. The standard InChI is InChI=1S/C22H33F3O2/c1-15-16(2)20-18(17(3)19(15)26)11-14-21(4,27-20)12-9-7-5-6-8-10-13-22(23,24)25/h26H,5-14H2,1-4H3. The summed E-state index contributed by atoms with van der Waals surface area (Å²) in [5.74, 6) is 1.31. The zero-order valence-corrected chi connectivity index (χ0v) is 17.1. The van der Waals surface area contributed by atoms with Gasteiger partial charge in [-0.25, -0.2) is 0 Å². The van der Waals surface area contributed by atoms with Crippen LogP contribution < -0.4 is 4.74 Å². The molecule has 27 heavy (non-hydrogen) atoms. The number of unbranched alkanes of at least 4 members (excludes halogenated alkanes) is 5. The van der Waals surface area contributed by atoms with Gasteiger partial charge in [0.05, 0.1) is 0 Å². The molecule has 1 heterocycles. The zero-order valence-electron chi connectivity index (χ0n) is 17.1. The Hall–Kier alpha value is -1.39. The number of fused-ring (bicyclic) bond motifs is 1. The second-order valence-corrected chi connectivity index (χ2v) is 8.32. The fourth-order valence-electron chi connectivity index (χ4n) is 4.00. The first-order chi connectivity index (χ1) is 12.5. The topological polar surface area (TPSA) is 29.5 Å². The van der Waals surface area contributed by atoms with Gasteiger partial charge in [0.2, 0.25) is 0 Å². The summed E-state index contributed by atoms with van der Waals surface area (Å²) >= 11 is 0. The first-order valence-corrected chi connectivity index (χ1v) is 10.1. The number of hydrogen-bond donors (Lipinski definition) is 1. The number of alkyl halides is 3. The second kappa shape index (κ2) is 8.74. The van der Waals surface area contributed by atoms with Crippen LogP contribution in [0.3, 0.4) is 0 Å². The average molecular weight is 386 g/mol. The largest absolute Gasteiger partial charge is 0.507 e. The molecule has 0 radical (unpaired) electrons. The molecule has 1 aliphatic rings. The summed E-state index contributed by atoms with van der Waals surface area (Å²) in [6.45, 7) is 8.02. The Balaban J connectivity index is 1.79.